The molecular weight excluding hydrogens is 296 g/mol. The fourth-order valence-corrected chi connectivity index (χ4v) is 1.91. The summed E-state index contributed by atoms with van der Waals surface area (Å²) in [7, 11) is 1.38. The van der Waals surface area contributed by atoms with Gasteiger partial charge in [0, 0.05) is 16.7 Å². The highest BCUT2D eigenvalue weighted by Crippen LogP contribution is 2.25. The fraction of sp³-hybridized carbons (Fsp3) is 0.385. The molecule has 0 amide bonds. The lowest BCUT2D eigenvalue weighted by Gasteiger charge is -2.22. The number of nitrogens with one attached hydrogen (secondary N) is 1. The Morgan fingerprint density at radius 1 is 1.56 bits per heavy atom. The van der Waals surface area contributed by atoms with Crippen LogP contribution in [0.25, 0.3) is 0 Å². The smallest absolute Gasteiger partial charge is 0.313 e. The van der Waals surface area contributed by atoms with Crippen molar-refractivity contribution < 1.29 is 9.53 Å². The fourth-order valence-electron chi connectivity index (χ4n) is 1.39. The Kier molecular flexibility index (Phi) is 4.74. The molecule has 5 heteroatoms. The summed E-state index contributed by atoms with van der Waals surface area (Å²) in [6.45, 7) is 4.07. The first kappa shape index (κ1) is 14.5. The SMILES string of the molecule is COC(=O)C(C)(C)CNc1ccc(C#N)cc1Br. The number of carbonyl (C=O) groups excluding carboxylic acids is 1. The van der Waals surface area contributed by atoms with Gasteiger partial charge in [-0.1, -0.05) is 0 Å². The number of rotatable bonds is 4. The Balaban J connectivity index is 2.76. The van der Waals surface area contributed by atoms with Gasteiger partial charge in [-0.2, -0.15) is 5.26 Å². The van der Waals surface area contributed by atoms with Crippen LogP contribution in [0, 0.1) is 16.7 Å². The zero-order valence-corrected chi connectivity index (χ0v) is 12.2. The summed E-state index contributed by atoms with van der Waals surface area (Å²) in [6.07, 6.45) is 0. The van der Waals surface area contributed by atoms with Crippen LogP contribution in [0.5, 0.6) is 0 Å². The third-order valence-corrected chi connectivity index (χ3v) is 3.21. The molecule has 1 rings (SSSR count). The van der Waals surface area contributed by atoms with Gasteiger partial charge in [-0.15, -0.1) is 0 Å². The molecular formula is C13H15BrN2O2. The van der Waals surface area contributed by atoms with Crippen molar-refractivity contribution in [1.82, 2.24) is 0 Å². The van der Waals surface area contributed by atoms with E-state index in [1.807, 2.05) is 13.8 Å². The van der Waals surface area contributed by atoms with Gasteiger partial charge in [-0.3, -0.25) is 4.79 Å². The van der Waals surface area contributed by atoms with E-state index >= 15 is 0 Å². The highest BCUT2D eigenvalue weighted by Gasteiger charge is 2.28. The van der Waals surface area contributed by atoms with Gasteiger partial charge in [0.15, 0.2) is 0 Å². The lowest BCUT2D eigenvalue weighted by atomic mass is 9.93. The van der Waals surface area contributed by atoms with E-state index in [1.165, 1.54) is 7.11 Å². The van der Waals surface area contributed by atoms with E-state index in [4.69, 9.17) is 10.00 Å². The number of carbonyl (C=O) groups is 1. The van der Waals surface area contributed by atoms with E-state index in [0.29, 0.717) is 12.1 Å². The number of methoxy groups -OCH3 is 1. The molecule has 0 aliphatic carbocycles. The number of ether oxygens (including phenoxy) is 1. The van der Waals surface area contributed by atoms with Crippen LogP contribution in [-0.4, -0.2) is 19.6 Å². The molecule has 0 aromatic heterocycles. The zero-order chi connectivity index (χ0) is 13.8. The van der Waals surface area contributed by atoms with Gasteiger partial charge in [0.1, 0.15) is 0 Å². The average molecular weight is 311 g/mol. The van der Waals surface area contributed by atoms with Crippen LogP contribution in [0.1, 0.15) is 19.4 Å². The minimum Gasteiger partial charge on any atom is -0.469 e. The van der Waals surface area contributed by atoms with Crippen LogP contribution in [0.3, 0.4) is 0 Å². The van der Waals surface area contributed by atoms with Gasteiger partial charge in [-0.05, 0) is 48.0 Å². The Bertz CT molecular complexity index is 492. The molecule has 0 aliphatic rings. The van der Waals surface area contributed by atoms with Crippen LogP contribution < -0.4 is 5.32 Å². The number of benzene rings is 1. The molecule has 1 N–H and O–H groups in total. The van der Waals surface area contributed by atoms with Crippen molar-refractivity contribution in [2.24, 2.45) is 5.41 Å². The van der Waals surface area contributed by atoms with Crippen LogP contribution >= 0.6 is 15.9 Å². The third-order valence-electron chi connectivity index (χ3n) is 2.56. The molecule has 0 heterocycles. The Hall–Kier alpha value is -1.54. The number of nitriles is 1. The second kappa shape index (κ2) is 5.87. The summed E-state index contributed by atoms with van der Waals surface area (Å²) >= 11 is 3.38. The van der Waals surface area contributed by atoms with Crippen molar-refractivity contribution in [3.05, 3.63) is 28.2 Å². The van der Waals surface area contributed by atoms with E-state index in [-0.39, 0.29) is 5.97 Å². The highest BCUT2D eigenvalue weighted by atomic mass is 79.9. The highest BCUT2D eigenvalue weighted by molar-refractivity contribution is 9.10. The molecule has 0 spiro atoms. The van der Waals surface area contributed by atoms with E-state index in [2.05, 4.69) is 27.3 Å². The first-order valence-corrected chi connectivity index (χ1v) is 6.22. The molecule has 18 heavy (non-hydrogen) atoms. The normalized spacial score (nSPS) is 10.6. The lowest BCUT2D eigenvalue weighted by molar-refractivity contribution is -0.149. The minimum absolute atomic E-state index is 0.264. The summed E-state index contributed by atoms with van der Waals surface area (Å²) in [4.78, 5) is 11.5. The first-order valence-electron chi connectivity index (χ1n) is 5.42. The van der Waals surface area contributed by atoms with E-state index < -0.39 is 5.41 Å². The molecule has 4 nitrogen and oxygen atoms in total. The molecule has 1 aromatic rings. The molecule has 0 saturated carbocycles. The summed E-state index contributed by atoms with van der Waals surface area (Å²) in [5.41, 5.74) is 0.813. The van der Waals surface area contributed by atoms with Crippen molar-refractivity contribution in [3.8, 4) is 6.07 Å². The van der Waals surface area contributed by atoms with E-state index in [0.717, 1.165) is 10.2 Å². The van der Waals surface area contributed by atoms with Gasteiger partial charge in [-0.25, -0.2) is 0 Å². The molecule has 1 aromatic carbocycles. The summed E-state index contributed by atoms with van der Waals surface area (Å²) in [6, 6.07) is 7.31. The molecule has 0 unspecified atom stereocenters. The van der Waals surface area contributed by atoms with Crippen molar-refractivity contribution in [1.29, 1.82) is 5.26 Å². The average Bonchev–Trinajstić information content (AvgIpc) is 2.36. The van der Waals surface area contributed by atoms with Crippen molar-refractivity contribution in [3.63, 3.8) is 0 Å². The number of anilines is 1. The van der Waals surface area contributed by atoms with Crippen LogP contribution in [0.2, 0.25) is 0 Å². The molecule has 96 valence electrons. The quantitative estimate of drug-likeness (QED) is 0.869. The molecule has 0 atom stereocenters. The molecule has 0 saturated heterocycles. The standard InChI is InChI=1S/C13H15BrN2O2/c1-13(2,12(17)18-3)8-16-11-5-4-9(7-15)6-10(11)14/h4-6,16H,8H2,1-3H3. The molecule has 0 radical (unpaired) electrons. The number of hydrogen-bond donors (Lipinski definition) is 1. The second-order valence-electron chi connectivity index (χ2n) is 4.54. The van der Waals surface area contributed by atoms with Crippen molar-refractivity contribution in [2.75, 3.05) is 19.0 Å². The topological polar surface area (TPSA) is 62.1 Å². The number of hydrogen-bond acceptors (Lipinski definition) is 4. The van der Waals surface area contributed by atoms with E-state index in [9.17, 15) is 4.79 Å². The first-order chi connectivity index (χ1) is 8.40. The lowest BCUT2D eigenvalue weighted by Crippen LogP contribution is -2.33. The van der Waals surface area contributed by atoms with Gasteiger partial charge in [0.05, 0.1) is 24.2 Å². The van der Waals surface area contributed by atoms with Crippen LogP contribution in [-0.2, 0) is 9.53 Å². The predicted octanol–water partition coefficient (Wildman–Crippen LogP) is 2.93. The number of nitrogens with zero attached hydrogens (tertiary/aromatic N) is 1. The third kappa shape index (κ3) is 3.47. The zero-order valence-electron chi connectivity index (χ0n) is 10.6. The summed E-state index contributed by atoms with van der Waals surface area (Å²) < 4.78 is 5.53. The Labute approximate surface area is 115 Å². The van der Waals surface area contributed by atoms with Gasteiger partial charge in [0.2, 0.25) is 0 Å². The van der Waals surface area contributed by atoms with Gasteiger partial charge in [0.25, 0.3) is 0 Å². The molecule has 0 aliphatic heterocycles. The second-order valence-corrected chi connectivity index (χ2v) is 5.39. The monoisotopic (exact) mass is 310 g/mol. The largest absolute Gasteiger partial charge is 0.469 e. The maximum absolute atomic E-state index is 11.5. The molecule has 0 bridgehead atoms. The maximum Gasteiger partial charge on any atom is 0.313 e. The number of halogens is 1. The van der Waals surface area contributed by atoms with Crippen LogP contribution in [0.4, 0.5) is 5.69 Å². The van der Waals surface area contributed by atoms with Crippen molar-refractivity contribution >= 4 is 27.6 Å². The summed E-state index contributed by atoms with van der Waals surface area (Å²) in [5, 5.41) is 11.9. The van der Waals surface area contributed by atoms with Crippen LogP contribution in [0.15, 0.2) is 22.7 Å². The van der Waals surface area contributed by atoms with E-state index in [1.54, 1.807) is 18.2 Å². The molecule has 0 fully saturated rings. The maximum atomic E-state index is 11.5. The summed E-state index contributed by atoms with van der Waals surface area (Å²) in [5.74, 6) is -0.264. The minimum atomic E-state index is -0.609. The Morgan fingerprint density at radius 2 is 2.22 bits per heavy atom. The Morgan fingerprint density at radius 3 is 2.72 bits per heavy atom. The predicted molar refractivity (Wildman–Crippen MR) is 73.1 cm³/mol. The number of esters is 1. The van der Waals surface area contributed by atoms with Crippen molar-refractivity contribution in [2.45, 2.75) is 13.8 Å². The van der Waals surface area contributed by atoms with Gasteiger partial charge < -0.3 is 10.1 Å². The van der Waals surface area contributed by atoms with Gasteiger partial charge >= 0.3 is 5.97 Å².